The van der Waals surface area contributed by atoms with Crippen LogP contribution in [0.25, 0.3) is 0 Å². The fourth-order valence-corrected chi connectivity index (χ4v) is 4.60. The third-order valence-electron chi connectivity index (χ3n) is 6.82. The summed E-state index contributed by atoms with van der Waals surface area (Å²) >= 11 is 0. The van der Waals surface area contributed by atoms with E-state index >= 15 is 0 Å². The number of aliphatic carboxylic acids is 2. The Morgan fingerprint density at radius 2 is 1.14 bits per heavy atom. The summed E-state index contributed by atoms with van der Waals surface area (Å²) in [7, 11) is 0. The maximum atomic E-state index is 10.7. The minimum Gasteiger partial charge on any atom is -0.504 e. The number of allylic oxidation sites excluding steroid dienone is 7. The van der Waals surface area contributed by atoms with Crippen molar-refractivity contribution in [1.82, 2.24) is 0 Å². The van der Waals surface area contributed by atoms with Crippen molar-refractivity contribution in [3.05, 3.63) is 96.1 Å². The smallest absolute Gasteiger partial charge is 0.327 e. The molecule has 8 nitrogen and oxygen atoms in total. The van der Waals surface area contributed by atoms with Crippen molar-refractivity contribution in [1.29, 1.82) is 0 Å². The zero-order chi connectivity index (χ0) is 30.7. The van der Waals surface area contributed by atoms with Crippen LogP contribution >= 0.6 is 0 Å². The lowest BCUT2D eigenvalue weighted by Crippen LogP contribution is -2.16. The number of carboxylic acid groups (broad SMARTS) is 2. The molecule has 226 valence electrons. The summed E-state index contributed by atoms with van der Waals surface area (Å²) in [5.74, 6) is -2.52. The predicted octanol–water partition coefficient (Wildman–Crippen LogP) is 7.04. The third-order valence-corrected chi connectivity index (χ3v) is 6.82. The molecule has 2 aromatic rings. The average molecular weight is 579 g/mol. The molecule has 8 heteroatoms. The highest BCUT2D eigenvalue weighted by Crippen LogP contribution is 2.32. The van der Waals surface area contributed by atoms with Gasteiger partial charge in [0.2, 0.25) is 0 Å². The number of carboxylic acids is 2. The molecule has 0 aromatic heterocycles. The molecule has 2 rings (SSSR count). The highest BCUT2D eigenvalue weighted by atomic mass is 16.4. The SMILES string of the molecule is O=C(O)C=CCC=CCC=CC(Cc1ccc(O)c(O)c1)C(C=CCCCCCCC(=O)O)Cc1ccc(O)c(O)c1. The van der Waals surface area contributed by atoms with Crippen LogP contribution in [0.1, 0.15) is 62.5 Å². The molecule has 6 N–H and O–H groups in total. The summed E-state index contributed by atoms with van der Waals surface area (Å²) in [6.45, 7) is 0. The largest absolute Gasteiger partial charge is 0.504 e. The van der Waals surface area contributed by atoms with E-state index in [-0.39, 0.29) is 41.3 Å². The molecule has 0 saturated carbocycles. The van der Waals surface area contributed by atoms with Gasteiger partial charge in [-0.25, -0.2) is 4.79 Å². The maximum absolute atomic E-state index is 10.7. The van der Waals surface area contributed by atoms with Gasteiger partial charge in [0, 0.05) is 12.5 Å². The number of rotatable bonds is 19. The minimum atomic E-state index is -0.981. The van der Waals surface area contributed by atoms with E-state index in [9.17, 15) is 30.0 Å². The van der Waals surface area contributed by atoms with Crippen LogP contribution in [0.3, 0.4) is 0 Å². The first-order valence-corrected chi connectivity index (χ1v) is 14.3. The Balaban J connectivity index is 2.23. The van der Waals surface area contributed by atoms with Crippen molar-refractivity contribution in [2.75, 3.05) is 0 Å². The Hall–Kier alpha value is -4.46. The highest BCUT2D eigenvalue weighted by molar-refractivity contribution is 5.79. The number of phenolic OH excluding ortho intramolecular Hbond substituents is 4. The molecule has 2 atom stereocenters. The number of hydrogen-bond acceptors (Lipinski definition) is 6. The van der Waals surface area contributed by atoms with Gasteiger partial charge in [0.05, 0.1) is 0 Å². The second-order valence-electron chi connectivity index (χ2n) is 10.3. The molecule has 2 aromatic carbocycles. The summed E-state index contributed by atoms with van der Waals surface area (Å²) in [6, 6.07) is 9.59. The van der Waals surface area contributed by atoms with Crippen molar-refractivity contribution in [2.24, 2.45) is 11.8 Å². The van der Waals surface area contributed by atoms with Crippen LogP contribution in [0, 0.1) is 11.8 Å². The number of unbranched alkanes of at least 4 members (excludes halogenated alkanes) is 4. The van der Waals surface area contributed by atoms with Crippen LogP contribution < -0.4 is 0 Å². The van der Waals surface area contributed by atoms with E-state index in [0.29, 0.717) is 32.1 Å². The molecule has 2 unspecified atom stereocenters. The van der Waals surface area contributed by atoms with Crippen LogP contribution in [0.4, 0.5) is 0 Å². The lowest BCUT2D eigenvalue weighted by molar-refractivity contribution is -0.137. The number of benzene rings is 2. The second-order valence-corrected chi connectivity index (χ2v) is 10.3. The van der Waals surface area contributed by atoms with Gasteiger partial charge in [0.1, 0.15) is 0 Å². The fourth-order valence-electron chi connectivity index (χ4n) is 4.60. The Morgan fingerprint density at radius 1 is 0.619 bits per heavy atom. The Labute approximate surface area is 247 Å². The predicted molar refractivity (Wildman–Crippen MR) is 163 cm³/mol. The van der Waals surface area contributed by atoms with Gasteiger partial charge in [-0.2, -0.15) is 0 Å². The Morgan fingerprint density at radius 3 is 1.67 bits per heavy atom. The number of phenols is 4. The van der Waals surface area contributed by atoms with Gasteiger partial charge in [0.25, 0.3) is 0 Å². The van der Waals surface area contributed by atoms with Crippen LogP contribution in [-0.2, 0) is 22.4 Å². The van der Waals surface area contributed by atoms with Crippen molar-refractivity contribution in [3.63, 3.8) is 0 Å². The highest BCUT2D eigenvalue weighted by Gasteiger charge is 2.19. The first kappa shape index (κ1) is 33.7. The maximum Gasteiger partial charge on any atom is 0.327 e. The van der Waals surface area contributed by atoms with E-state index in [4.69, 9.17) is 10.2 Å². The monoisotopic (exact) mass is 578 g/mol. The van der Waals surface area contributed by atoms with E-state index in [1.807, 2.05) is 18.2 Å². The van der Waals surface area contributed by atoms with Crippen molar-refractivity contribution >= 4 is 11.9 Å². The molecular weight excluding hydrogens is 536 g/mol. The van der Waals surface area contributed by atoms with E-state index in [1.54, 1.807) is 30.3 Å². The van der Waals surface area contributed by atoms with E-state index in [0.717, 1.165) is 42.9 Å². The normalized spacial score (nSPS) is 13.4. The van der Waals surface area contributed by atoms with E-state index < -0.39 is 11.9 Å². The van der Waals surface area contributed by atoms with Crippen molar-refractivity contribution in [3.8, 4) is 23.0 Å². The summed E-state index contributed by atoms with van der Waals surface area (Å²) in [5, 5.41) is 57.2. The van der Waals surface area contributed by atoms with Crippen LogP contribution in [-0.4, -0.2) is 42.6 Å². The van der Waals surface area contributed by atoms with Crippen molar-refractivity contribution in [2.45, 2.75) is 64.2 Å². The van der Waals surface area contributed by atoms with Gasteiger partial charge in [-0.05, 0) is 92.2 Å². The number of aromatic hydroxyl groups is 4. The Bertz CT molecular complexity index is 1260. The standard InChI is InChI=1S/C34H42O8/c35-29-19-17-25(23-31(29)37)21-27(13-9-5-1-3-7-11-15-33(39)40)28(22-26-18-20-30(36)32(38)24-26)14-10-6-2-4-8-12-16-34(41)42/h1,3,9-11,13-15,17-20,23-24,27-28,35-38H,2,4-8,12,16,21-22H2,(H,39,40)(H,41,42). The van der Waals surface area contributed by atoms with Gasteiger partial charge in [-0.15, -0.1) is 0 Å². The first-order chi connectivity index (χ1) is 20.2. The summed E-state index contributed by atoms with van der Waals surface area (Å²) in [4.78, 5) is 21.3. The number of hydrogen-bond donors (Lipinski definition) is 6. The first-order valence-electron chi connectivity index (χ1n) is 14.3. The third kappa shape index (κ3) is 13.7. The summed E-state index contributed by atoms with van der Waals surface area (Å²) in [5.41, 5.74) is 1.70. The van der Waals surface area contributed by atoms with Crippen LogP contribution in [0.15, 0.2) is 85.0 Å². The molecular formula is C34H42O8. The molecule has 0 aliphatic rings. The molecule has 0 amide bonds. The van der Waals surface area contributed by atoms with E-state index in [1.165, 1.54) is 12.1 Å². The molecule has 0 heterocycles. The van der Waals surface area contributed by atoms with Gasteiger partial charge >= 0.3 is 11.9 Å². The molecule has 0 aliphatic heterocycles. The average Bonchev–Trinajstić information content (AvgIpc) is 2.94. The van der Waals surface area contributed by atoms with Crippen LogP contribution in [0.2, 0.25) is 0 Å². The quantitative estimate of drug-likeness (QED) is 0.0449. The van der Waals surface area contributed by atoms with Crippen molar-refractivity contribution < 1.29 is 40.2 Å². The molecule has 0 spiro atoms. The van der Waals surface area contributed by atoms with Gasteiger partial charge < -0.3 is 30.6 Å². The summed E-state index contributed by atoms with van der Waals surface area (Å²) < 4.78 is 0. The lowest BCUT2D eigenvalue weighted by atomic mass is 9.81. The molecule has 0 radical (unpaired) electrons. The van der Waals surface area contributed by atoms with Gasteiger partial charge in [0.15, 0.2) is 23.0 Å². The number of carbonyl (C=O) groups is 2. The molecule has 42 heavy (non-hydrogen) atoms. The van der Waals surface area contributed by atoms with Gasteiger partial charge in [-0.1, -0.05) is 67.5 Å². The lowest BCUT2D eigenvalue weighted by Gasteiger charge is -2.23. The topological polar surface area (TPSA) is 156 Å². The zero-order valence-electron chi connectivity index (χ0n) is 23.8. The van der Waals surface area contributed by atoms with E-state index in [2.05, 4.69) is 18.2 Å². The molecule has 0 fully saturated rings. The zero-order valence-corrected chi connectivity index (χ0v) is 23.8. The second kappa shape index (κ2) is 18.8. The fraction of sp³-hybridized carbons (Fsp3) is 0.353. The minimum absolute atomic E-state index is 0.00405. The molecule has 0 aliphatic carbocycles. The molecule has 0 bridgehead atoms. The van der Waals surface area contributed by atoms with Gasteiger partial charge in [-0.3, -0.25) is 4.79 Å². The summed E-state index contributed by atoms with van der Waals surface area (Å²) in [6.07, 6.45) is 21.7. The molecule has 0 saturated heterocycles. The van der Waals surface area contributed by atoms with Crippen LogP contribution in [0.5, 0.6) is 23.0 Å². The Kier molecular flexibility index (Phi) is 15.1.